The number of halogens is 3. The van der Waals surface area contributed by atoms with E-state index in [1.807, 2.05) is 12.1 Å². The Labute approximate surface area is 139 Å². The second-order valence-corrected chi connectivity index (χ2v) is 6.44. The van der Waals surface area contributed by atoms with Crippen LogP contribution in [0, 0.1) is 5.92 Å². The van der Waals surface area contributed by atoms with Crippen molar-refractivity contribution >= 4 is 17.5 Å². The van der Waals surface area contributed by atoms with Crippen molar-refractivity contribution in [2.24, 2.45) is 5.92 Å². The molecule has 1 atom stereocenters. The number of alkyl halides is 3. The number of hydrogen-bond acceptors (Lipinski definition) is 2. The predicted molar refractivity (Wildman–Crippen MR) is 84.4 cm³/mol. The molecule has 0 aliphatic carbocycles. The van der Waals surface area contributed by atoms with Crippen LogP contribution in [0.3, 0.4) is 0 Å². The molecule has 1 aliphatic heterocycles. The van der Waals surface area contributed by atoms with E-state index in [1.54, 1.807) is 12.1 Å². The molecule has 2 rings (SSSR count). The maximum atomic E-state index is 12.6. The number of rotatable bonds is 4. The average molecular weight is 342 g/mol. The fourth-order valence-corrected chi connectivity index (χ4v) is 2.92. The Hall–Kier alpha value is -2.05. The number of carbonyl (C=O) groups excluding carboxylic acids is 2. The van der Waals surface area contributed by atoms with Gasteiger partial charge in [0.2, 0.25) is 5.91 Å². The fraction of sp³-hybridized carbons (Fsp3) is 0.529. The van der Waals surface area contributed by atoms with Crippen molar-refractivity contribution in [1.82, 2.24) is 4.90 Å². The largest absolute Gasteiger partial charge is 0.471 e. The molecule has 0 radical (unpaired) electrons. The molecule has 4 nitrogen and oxygen atoms in total. The van der Waals surface area contributed by atoms with Crippen LogP contribution in [0.4, 0.5) is 18.9 Å². The molecule has 1 aliphatic rings. The van der Waals surface area contributed by atoms with Crippen LogP contribution in [0.25, 0.3) is 0 Å². The highest BCUT2D eigenvalue weighted by atomic mass is 19.4. The lowest BCUT2D eigenvalue weighted by Gasteiger charge is -2.24. The zero-order valence-electron chi connectivity index (χ0n) is 13.7. The molecular weight excluding hydrogens is 321 g/mol. The van der Waals surface area contributed by atoms with Crippen LogP contribution >= 0.6 is 0 Å². The highest BCUT2D eigenvalue weighted by Gasteiger charge is 2.47. The van der Waals surface area contributed by atoms with Gasteiger partial charge in [0.15, 0.2) is 0 Å². The van der Waals surface area contributed by atoms with Gasteiger partial charge in [-0.1, -0.05) is 26.0 Å². The van der Waals surface area contributed by atoms with Crippen molar-refractivity contribution in [3.05, 3.63) is 29.8 Å². The molecule has 1 unspecified atom stereocenters. The molecule has 7 heteroatoms. The van der Waals surface area contributed by atoms with Gasteiger partial charge in [0, 0.05) is 12.2 Å². The first-order valence-electron chi connectivity index (χ1n) is 7.96. The second-order valence-electron chi connectivity index (χ2n) is 6.44. The quantitative estimate of drug-likeness (QED) is 0.912. The highest BCUT2D eigenvalue weighted by molar-refractivity contribution is 5.98. The lowest BCUT2D eigenvalue weighted by molar-refractivity contribution is -0.186. The molecule has 1 aromatic rings. The normalized spacial score (nSPS) is 18.1. The number of nitrogens with zero attached hydrogens (tertiary/aromatic N) is 1. The van der Waals surface area contributed by atoms with Crippen molar-refractivity contribution in [2.75, 3.05) is 11.9 Å². The van der Waals surface area contributed by atoms with Crippen LogP contribution < -0.4 is 5.32 Å². The molecule has 1 aromatic carbocycles. The number of carbonyl (C=O) groups is 2. The predicted octanol–water partition coefficient (Wildman–Crippen LogP) is 3.38. The topological polar surface area (TPSA) is 49.4 Å². The van der Waals surface area contributed by atoms with E-state index in [1.165, 1.54) is 0 Å². The van der Waals surface area contributed by atoms with Crippen LogP contribution in [0.15, 0.2) is 24.3 Å². The summed E-state index contributed by atoms with van der Waals surface area (Å²) in [6.07, 6.45) is -3.50. The number of nitrogens with one attached hydrogen (secondary N) is 1. The van der Waals surface area contributed by atoms with E-state index in [9.17, 15) is 22.8 Å². The summed E-state index contributed by atoms with van der Waals surface area (Å²) >= 11 is 0. The van der Waals surface area contributed by atoms with Gasteiger partial charge in [-0.2, -0.15) is 13.2 Å². The summed E-state index contributed by atoms with van der Waals surface area (Å²) in [7, 11) is 0. The van der Waals surface area contributed by atoms with E-state index >= 15 is 0 Å². The van der Waals surface area contributed by atoms with Crippen molar-refractivity contribution in [2.45, 2.75) is 45.3 Å². The van der Waals surface area contributed by atoms with Crippen molar-refractivity contribution in [3.8, 4) is 0 Å². The Balaban J connectivity index is 2.07. The maximum absolute atomic E-state index is 12.6. The zero-order chi connectivity index (χ0) is 17.9. The minimum Gasteiger partial charge on any atom is -0.324 e. The van der Waals surface area contributed by atoms with Gasteiger partial charge >= 0.3 is 12.1 Å². The monoisotopic (exact) mass is 342 g/mol. The summed E-state index contributed by atoms with van der Waals surface area (Å²) in [5.41, 5.74) is 1.57. The molecule has 0 saturated carbocycles. The smallest absolute Gasteiger partial charge is 0.324 e. The van der Waals surface area contributed by atoms with Gasteiger partial charge in [-0.25, -0.2) is 0 Å². The molecule has 2 amide bonds. The molecule has 0 aromatic heterocycles. The van der Waals surface area contributed by atoms with Crippen molar-refractivity contribution < 1.29 is 22.8 Å². The van der Waals surface area contributed by atoms with Crippen LogP contribution in [0.1, 0.15) is 32.3 Å². The van der Waals surface area contributed by atoms with Crippen LogP contribution in [0.2, 0.25) is 0 Å². The first kappa shape index (κ1) is 18.3. The Bertz CT molecular complexity index is 614. The van der Waals surface area contributed by atoms with Gasteiger partial charge in [0.25, 0.3) is 0 Å². The first-order valence-corrected chi connectivity index (χ1v) is 7.96. The van der Waals surface area contributed by atoms with Gasteiger partial charge < -0.3 is 10.2 Å². The maximum Gasteiger partial charge on any atom is 0.471 e. The summed E-state index contributed by atoms with van der Waals surface area (Å²) in [5.74, 6) is -2.08. The van der Waals surface area contributed by atoms with E-state index < -0.39 is 24.0 Å². The number of anilines is 1. The summed E-state index contributed by atoms with van der Waals surface area (Å²) in [6, 6.07) is 6.15. The first-order chi connectivity index (χ1) is 11.2. The molecule has 1 fully saturated rings. The third-order valence-electron chi connectivity index (χ3n) is 3.90. The molecule has 0 spiro atoms. The van der Waals surface area contributed by atoms with Gasteiger partial charge in [0.1, 0.15) is 6.04 Å². The van der Waals surface area contributed by atoms with Gasteiger partial charge in [-0.05, 0) is 42.9 Å². The van der Waals surface area contributed by atoms with Crippen LogP contribution in [-0.4, -0.2) is 35.5 Å². The molecule has 1 saturated heterocycles. The average Bonchev–Trinajstić information content (AvgIpc) is 2.94. The Morgan fingerprint density at radius 1 is 1.33 bits per heavy atom. The minimum absolute atomic E-state index is 0.0518. The Morgan fingerprint density at radius 2 is 2.04 bits per heavy atom. The molecule has 24 heavy (non-hydrogen) atoms. The zero-order valence-corrected chi connectivity index (χ0v) is 13.7. The number of hydrogen-bond donors (Lipinski definition) is 1. The van der Waals surface area contributed by atoms with Gasteiger partial charge in [0.05, 0.1) is 0 Å². The molecule has 1 N–H and O–H groups in total. The van der Waals surface area contributed by atoms with E-state index in [0.717, 1.165) is 12.0 Å². The van der Waals surface area contributed by atoms with Crippen molar-refractivity contribution in [3.63, 3.8) is 0 Å². The highest BCUT2D eigenvalue weighted by Crippen LogP contribution is 2.26. The molecular formula is C17H21F3N2O2. The third kappa shape index (κ3) is 4.49. The van der Waals surface area contributed by atoms with Gasteiger partial charge in [-0.3, -0.25) is 9.59 Å². The third-order valence-corrected chi connectivity index (χ3v) is 3.90. The lowest BCUT2D eigenvalue weighted by atomic mass is 10.0. The van der Waals surface area contributed by atoms with E-state index in [0.29, 0.717) is 22.9 Å². The minimum atomic E-state index is -4.96. The standard InChI is InChI=1S/C17H21F3N2O2/c1-11(2)9-12-5-3-6-13(10-12)21-15(23)14-7-4-8-22(14)16(24)17(18,19)20/h3,5-6,10-11,14H,4,7-9H2,1-2H3,(H,21,23). The van der Waals surface area contributed by atoms with Crippen molar-refractivity contribution in [1.29, 1.82) is 0 Å². The number of amides is 2. The molecule has 1 heterocycles. The number of likely N-dealkylation sites (tertiary alicyclic amines) is 1. The van der Waals surface area contributed by atoms with E-state index in [2.05, 4.69) is 19.2 Å². The SMILES string of the molecule is CC(C)Cc1cccc(NC(=O)C2CCCN2C(=O)C(F)(F)F)c1. The van der Waals surface area contributed by atoms with Crippen LogP contribution in [-0.2, 0) is 16.0 Å². The molecule has 132 valence electrons. The molecule has 0 bridgehead atoms. The Kier molecular flexibility index (Phi) is 5.51. The van der Waals surface area contributed by atoms with E-state index in [-0.39, 0.29) is 13.0 Å². The Morgan fingerprint density at radius 3 is 2.67 bits per heavy atom. The summed E-state index contributed by atoms with van der Waals surface area (Å²) in [5, 5.41) is 2.63. The summed E-state index contributed by atoms with van der Waals surface area (Å²) in [6.45, 7) is 4.10. The summed E-state index contributed by atoms with van der Waals surface area (Å²) in [4.78, 5) is 24.4. The number of benzene rings is 1. The van der Waals surface area contributed by atoms with Gasteiger partial charge in [-0.15, -0.1) is 0 Å². The van der Waals surface area contributed by atoms with Crippen LogP contribution in [0.5, 0.6) is 0 Å². The second kappa shape index (κ2) is 7.23. The van der Waals surface area contributed by atoms with E-state index in [4.69, 9.17) is 0 Å². The lowest BCUT2D eigenvalue weighted by Crippen LogP contribution is -2.48. The fourth-order valence-electron chi connectivity index (χ4n) is 2.92. The summed E-state index contributed by atoms with van der Waals surface area (Å²) < 4.78 is 37.8.